The van der Waals surface area contributed by atoms with Crippen molar-refractivity contribution in [2.45, 2.75) is 12.8 Å². The van der Waals surface area contributed by atoms with Gasteiger partial charge in [-0.25, -0.2) is 4.79 Å². The highest BCUT2D eigenvalue weighted by Gasteiger charge is 2.14. The molecule has 0 saturated heterocycles. The molecule has 4 rings (SSSR count). The fraction of sp³-hybridized carbons (Fsp3) is 0.130. The van der Waals surface area contributed by atoms with Crippen LogP contribution in [0.15, 0.2) is 67.0 Å². The summed E-state index contributed by atoms with van der Waals surface area (Å²) in [6, 6.07) is 18.2. The van der Waals surface area contributed by atoms with E-state index in [4.69, 9.17) is 11.6 Å². The Morgan fingerprint density at radius 3 is 2.64 bits per heavy atom. The van der Waals surface area contributed by atoms with E-state index in [1.54, 1.807) is 0 Å². The quantitative estimate of drug-likeness (QED) is 0.498. The molecule has 28 heavy (non-hydrogen) atoms. The van der Waals surface area contributed by atoms with E-state index >= 15 is 0 Å². The van der Waals surface area contributed by atoms with Gasteiger partial charge in [0, 0.05) is 30.4 Å². The summed E-state index contributed by atoms with van der Waals surface area (Å²) >= 11 is 5.91. The summed E-state index contributed by atoms with van der Waals surface area (Å²) in [5.74, 6) is -1.01. The molecule has 4 nitrogen and oxygen atoms in total. The number of aromatic nitrogens is 2. The highest BCUT2D eigenvalue weighted by molar-refractivity contribution is 6.30. The second kappa shape index (κ2) is 7.49. The standard InChI is InChI=1S/C23H19ClN2O2/c1-26-10-9-17-11-15(12-19(22(17)26)16-5-3-2-4-6-16)7-8-21-20(23(27)28)13-18(24)14-25-21/h2-6,9-14H,7-8H2,1H3,(H,27,28). The molecule has 0 fully saturated rings. The molecule has 2 heterocycles. The molecule has 0 unspecified atom stereocenters. The van der Waals surface area contributed by atoms with Crippen LogP contribution in [-0.2, 0) is 19.9 Å². The smallest absolute Gasteiger partial charge is 0.337 e. The van der Waals surface area contributed by atoms with Gasteiger partial charge in [-0.3, -0.25) is 4.98 Å². The van der Waals surface area contributed by atoms with Crippen molar-refractivity contribution in [3.63, 3.8) is 0 Å². The normalized spacial score (nSPS) is 11.1. The second-order valence-corrected chi connectivity index (χ2v) is 7.26. The third-order valence-corrected chi connectivity index (χ3v) is 5.14. The summed E-state index contributed by atoms with van der Waals surface area (Å²) in [7, 11) is 2.05. The van der Waals surface area contributed by atoms with Gasteiger partial charge in [0.05, 0.1) is 21.8 Å². The van der Waals surface area contributed by atoms with Crippen LogP contribution in [0.3, 0.4) is 0 Å². The molecular weight excluding hydrogens is 372 g/mol. The molecule has 0 radical (unpaired) electrons. The fourth-order valence-electron chi connectivity index (χ4n) is 3.60. The number of halogens is 1. The number of rotatable bonds is 5. The van der Waals surface area contributed by atoms with E-state index in [2.05, 4.69) is 46.1 Å². The predicted molar refractivity (Wildman–Crippen MR) is 112 cm³/mol. The summed E-state index contributed by atoms with van der Waals surface area (Å²) in [6.45, 7) is 0. The van der Waals surface area contributed by atoms with Crippen LogP contribution in [0.1, 0.15) is 21.6 Å². The van der Waals surface area contributed by atoms with Gasteiger partial charge in [-0.1, -0.05) is 41.9 Å². The van der Waals surface area contributed by atoms with E-state index in [0.29, 0.717) is 23.6 Å². The number of nitrogens with zero attached hydrogens (tertiary/aromatic N) is 2. The Morgan fingerprint density at radius 2 is 1.89 bits per heavy atom. The van der Waals surface area contributed by atoms with Crippen LogP contribution >= 0.6 is 11.6 Å². The van der Waals surface area contributed by atoms with Gasteiger partial charge in [0.25, 0.3) is 0 Å². The van der Waals surface area contributed by atoms with Gasteiger partial charge in [0.15, 0.2) is 0 Å². The van der Waals surface area contributed by atoms with Crippen LogP contribution in [0.5, 0.6) is 0 Å². The number of hydrogen-bond donors (Lipinski definition) is 1. The van der Waals surface area contributed by atoms with Crippen molar-refractivity contribution < 1.29 is 9.90 Å². The molecule has 0 atom stereocenters. The molecule has 0 amide bonds. The van der Waals surface area contributed by atoms with Gasteiger partial charge in [0.1, 0.15) is 0 Å². The minimum absolute atomic E-state index is 0.163. The van der Waals surface area contributed by atoms with Crippen LogP contribution in [-0.4, -0.2) is 20.6 Å². The monoisotopic (exact) mass is 390 g/mol. The molecule has 1 N–H and O–H groups in total. The number of benzene rings is 2. The number of aromatic carboxylic acids is 1. The van der Waals surface area contributed by atoms with Crippen LogP contribution in [0.4, 0.5) is 0 Å². The molecule has 0 aliphatic heterocycles. The molecule has 2 aromatic carbocycles. The average molecular weight is 391 g/mol. The minimum Gasteiger partial charge on any atom is -0.478 e. The maximum atomic E-state index is 11.5. The maximum Gasteiger partial charge on any atom is 0.337 e. The number of carboxylic acids is 1. The highest BCUT2D eigenvalue weighted by atomic mass is 35.5. The summed E-state index contributed by atoms with van der Waals surface area (Å²) in [4.78, 5) is 15.7. The van der Waals surface area contributed by atoms with Gasteiger partial charge in [-0.05, 0) is 48.2 Å². The molecule has 0 aliphatic rings. The van der Waals surface area contributed by atoms with E-state index in [9.17, 15) is 9.90 Å². The zero-order valence-electron chi connectivity index (χ0n) is 15.4. The third-order valence-electron chi connectivity index (χ3n) is 4.93. The number of aryl methyl sites for hydroxylation is 3. The zero-order valence-corrected chi connectivity index (χ0v) is 16.1. The summed E-state index contributed by atoms with van der Waals surface area (Å²) in [5, 5.41) is 10.9. The number of carboxylic acid groups (broad SMARTS) is 1. The largest absolute Gasteiger partial charge is 0.478 e. The predicted octanol–water partition coefficient (Wildman–Crippen LogP) is 5.38. The summed E-state index contributed by atoms with van der Waals surface area (Å²) in [6.07, 6.45) is 4.79. The average Bonchev–Trinajstić information content (AvgIpc) is 3.08. The Balaban J connectivity index is 1.72. The van der Waals surface area contributed by atoms with E-state index in [1.807, 2.05) is 25.2 Å². The Hall–Kier alpha value is -3.11. The molecule has 0 saturated carbocycles. The summed E-state index contributed by atoms with van der Waals surface area (Å²) < 4.78 is 2.13. The van der Waals surface area contributed by atoms with Crippen LogP contribution < -0.4 is 0 Å². The van der Waals surface area contributed by atoms with Crippen molar-refractivity contribution in [1.29, 1.82) is 0 Å². The summed E-state index contributed by atoms with van der Waals surface area (Å²) in [5.41, 5.74) is 5.37. The first kappa shape index (κ1) is 18.3. The molecule has 4 aromatic rings. The topological polar surface area (TPSA) is 55.1 Å². The Labute approximate surface area is 168 Å². The molecule has 0 aliphatic carbocycles. The number of fused-ring (bicyclic) bond motifs is 1. The first-order valence-electron chi connectivity index (χ1n) is 9.04. The lowest BCUT2D eigenvalue weighted by molar-refractivity contribution is 0.0695. The highest BCUT2D eigenvalue weighted by Crippen LogP contribution is 2.31. The van der Waals surface area contributed by atoms with Crippen LogP contribution in [0, 0.1) is 0 Å². The maximum absolute atomic E-state index is 11.5. The SMILES string of the molecule is Cn1ccc2cc(CCc3ncc(Cl)cc3C(=O)O)cc(-c3ccccc3)c21. The van der Waals surface area contributed by atoms with Crippen molar-refractivity contribution >= 4 is 28.5 Å². The van der Waals surface area contributed by atoms with Crippen molar-refractivity contribution in [1.82, 2.24) is 9.55 Å². The fourth-order valence-corrected chi connectivity index (χ4v) is 3.76. The molecule has 0 bridgehead atoms. The first-order chi connectivity index (χ1) is 13.5. The molecule has 2 aromatic heterocycles. The Morgan fingerprint density at radius 1 is 1.11 bits per heavy atom. The van der Waals surface area contributed by atoms with Gasteiger partial charge in [-0.15, -0.1) is 0 Å². The van der Waals surface area contributed by atoms with Crippen molar-refractivity contribution in [2.24, 2.45) is 7.05 Å². The van der Waals surface area contributed by atoms with Crippen molar-refractivity contribution in [3.8, 4) is 11.1 Å². The zero-order chi connectivity index (χ0) is 19.7. The van der Waals surface area contributed by atoms with Gasteiger partial charge in [-0.2, -0.15) is 0 Å². The second-order valence-electron chi connectivity index (χ2n) is 6.83. The molecule has 140 valence electrons. The third kappa shape index (κ3) is 3.51. The lowest BCUT2D eigenvalue weighted by Gasteiger charge is -2.11. The lowest BCUT2D eigenvalue weighted by atomic mass is 9.97. The molecular formula is C23H19ClN2O2. The van der Waals surface area contributed by atoms with Crippen LogP contribution in [0.25, 0.3) is 22.0 Å². The van der Waals surface area contributed by atoms with E-state index < -0.39 is 5.97 Å². The number of carbonyl (C=O) groups is 1. The van der Waals surface area contributed by atoms with E-state index in [1.165, 1.54) is 28.7 Å². The Kier molecular flexibility index (Phi) is 4.88. The molecule has 0 spiro atoms. The van der Waals surface area contributed by atoms with Gasteiger partial charge < -0.3 is 9.67 Å². The number of pyridine rings is 1. The molecule has 5 heteroatoms. The van der Waals surface area contributed by atoms with Crippen molar-refractivity contribution in [2.75, 3.05) is 0 Å². The van der Waals surface area contributed by atoms with Gasteiger partial charge >= 0.3 is 5.97 Å². The van der Waals surface area contributed by atoms with Crippen LogP contribution in [0.2, 0.25) is 5.02 Å². The number of hydrogen-bond acceptors (Lipinski definition) is 2. The minimum atomic E-state index is -1.01. The van der Waals surface area contributed by atoms with E-state index in [-0.39, 0.29) is 5.56 Å². The Bertz CT molecular complexity index is 1170. The lowest BCUT2D eigenvalue weighted by Crippen LogP contribution is -2.06. The van der Waals surface area contributed by atoms with E-state index in [0.717, 1.165) is 11.1 Å². The first-order valence-corrected chi connectivity index (χ1v) is 9.42. The van der Waals surface area contributed by atoms with Crippen molar-refractivity contribution in [3.05, 3.63) is 88.8 Å². The van der Waals surface area contributed by atoms with Gasteiger partial charge in [0.2, 0.25) is 0 Å².